The molecule has 1 fully saturated rings. The Labute approximate surface area is 213 Å². The number of fused-ring (bicyclic) bond motifs is 1. The number of hydrogen-bond donors (Lipinski definition) is 2. The number of amides is 1. The molecule has 0 radical (unpaired) electrons. The molecule has 0 spiro atoms. The first-order valence-corrected chi connectivity index (χ1v) is 12.5. The molecule has 2 aliphatic heterocycles. The number of esters is 1. The Morgan fingerprint density at radius 2 is 1.86 bits per heavy atom. The van der Waals surface area contributed by atoms with Gasteiger partial charge < -0.3 is 19.4 Å². The Morgan fingerprint density at radius 3 is 2.50 bits per heavy atom. The molecule has 0 bridgehead atoms. The third kappa shape index (κ3) is 4.81. The molecular formula is C26H37BN4O5. The second kappa shape index (κ2) is 9.32. The summed E-state index contributed by atoms with van der Waals surface area (Å²) in [5.41, 5.74) is 1.88. The summed E-state index contributed by atoms with van der Waals surface area (Å²) in [6.07, 6.45) is 1.72. The minimum absolute atomic E-state index is 0.115. The van der Waals surface area contributed by atoms with E-state index < -0.39 is 23.9 Å². The van der Waals surface area contributed by atoms with Gasteiger partial charge in [0.15, 0.2) is 5.69 Å². The van der Waals surface area contributed by atoms with Crippen molar-refractivity contribution in [3.05, 3.63) is 41.2 Å². The van der Waals surface area contributed by atoms with Crippen molar-refractivity contribution in [2.24, 2.45) is 0 Å². The highest BCUT2D eigenvalue weighted by Gasteiger charge is 2.52. The molecule has 194 valence electrons. The van der Waals surface area contributed by atoms with Crippen molar-refractivity contribution in [1.29, 1.82) is 0 Å². The van der Waals surface area contributed by atoms with Crippen LogP contribution in [0.1, 0.15) is 82.2 Å². The zero-order valence-electron chi connectivity index (χ0n) is 22.5. The summed E-state index contributed by atoms with van der Waals surface area (Å²) >= 11 is 0. The quantitative estimate of drug-likeness (QED) is 0.468. The fraction of sp³-hybridized carbons (Fsp3) is 0.577. The van der Waals surface area contributed by atoms with Crippen molar-refractivity contribution in [3.8, 4) is 0 Å². The molecule has 0 aliphatic carbocycles. The predicted octanol–water partition coefficient (Wildman–Crippen LogP) is 3.12. The van der Waals surface area contributed by atoms with Crippen molar-refractivity contribution < 1.29 is 23.6 Å². The van der Waals surface area contributed by atoms with Gasteiger partial charge in [-0.1, -0.05) is 12.1 Å². The lowest BCUT2D eigenvalue weighted by Gasteiger charge is -2.32. The molecular weight excluding hydrogens is 459 g/mol. The lowest BCUT2D eigenvalue weighted by atomic mass is 9.76. The molecule has 1 aromatic carbocycles. The van der Waals surface area contributed by atoms with Gasteiger partial charge in [-0.2, -0.15) is 5.10 Å². The van der Waals surface area contributed by atoms with E-state index in [1.54, 1.807) is 19.9 Å². The number of carbonyl (C=O) groups is 2. The zero-order valence-corrected chi connectivity index (χ0v) is 22.5. The van der Waals surface area contributed by atoms with E-state index in [-0.39, 0.29) is 17.9 Å². The molecule has 36 heavy (non-hydrogen) atoms. The molecule has 2 N–H and O–H groups in total. The normalized spacial score (nSPS) is 20.7. The summed E-state index contributed by atoms with van der Waals surface area (Å²) in [7, 11) is 0.861. The standard InChI is InChI=1S/C26H37BN4O5/c1-16-17(27-35-25(4,5)26(6,7)36-27)11-9-12-18(16)28-22(32)20-15-21-19(13-10-14-31(21)30-20)29-24(2,3)23(33)34-8/h9,11-12,15,19,29H,10,13-14H2,1-8H3,(H,28,32)/t19-/m1/s1. The number of rotatable bonds is 6. The summed E-state index contributed by atoms with van der Waals surface area (Å²) in [5.74, 6) is -0.633. The van der Waals surface area contributed by atoms with Gasteiger partial charge in [0, 0.05) is 12.2 Å². The molecule has 9 nitrogen and oxygen atoms in total. The van der Waals surface area contributed by atoms with E-state index in [1.165, 1.54) is 7.11 Å². The van der Waals surface area contributed by atoms with E-state index in [0.717, 1.165) is 36.1 Å². The first-order valence-electron chi connectivity index (χ1n) is 12.5. The second-order valence-corrected chi connectivity index (χ2v) is 11.2. The van der Waals surface area contributed by atoms with Crippen LogP contribution in [0.2, 0.25) is 0 Å². The average Bonchev–Trinajstić information content (AvgIpc) is 3.33. The van der Waals surface area contributed by atoms with Crippen molar-refractivity contribution in [2.75, 3.05) is 12.4 Å². The van der Waals surface area contributed by atoms with Crippen LogP contribution in [0.4, 0.5) is 5.69 Å². The van der Waals surface area contributed by atoms with Gasteiger partial charge in [-0.15, -0.1) is 0 Å². The molecule has 4 rings (SSSR count). The first-order chi connectivity index (χ1) is 16.8. The van der Waals surface area contributed by atoms with E-state index in [1.807, 2.05) is 57.5 Å². The Bertz CT molecular complexity index is 1160. The van der Waals surface area contributed by atoms with E-state index >= 15 is 0 Å². The Hall–Kier alpha value is -2.69. The molecule has 1 saturated heterocycles. The molecule has 0 unspecified atom stereocenters. The van der Waals surface area contributed by atoms with Gasteiger partial charge in [-0.05, 0) is 84.5 Å². The third-order valence-corrected chi connectivity index (χ3v) is 7.63. The zero-order chi connectivity index (χ0) is 26.5. The number of ether oxygens (including phenoxy) is 1. The van der Waals surface area contributed by atoms with Gasteiger partial charge in [0.25, 0.3) is 5.91 Å². The number of anilines is 1. The largest absolute Gasteiger partial charge is 0.495 e. The van der Waals surface area contributed by atoms with Gasteiger partial charge in [-0.3, -0.25) is 19.6 Å². The maximum absolute atomic E-state index is 13.2. The molecule has 2 aliphatic rings. The fourth-order valence-corrected chi connectivity index (χ4v) is 4.69. The molecule has 2 aromatic rings. The summed E-state index contributed by atoms with van der Waals surface area (Å²) < 4.78 is 19.2. The Morgan fingerprint density at radius 1 is 1.19 bits per heavy atom. The first kappa shape index (κ1) is 26.4. The van der Waals surface area contributed by atoms with Crippen LogP contribution in [-0.4, -0.2) is 52.6 Å². The van der Waals surface area contributed by atoms with Crippen LogP contribution in [0.15, 0.2) is 24.3 Å². The highest BCUT2D eigenvalue weighted by molar-refractivity contribution is 6.62. The highest BCUT2D eigenvalue weighted by atomic mass is 16.7. The maximum Gasteiger partial charge on any atom is 0.495 e. The number of methoxy groups -OCH3 is 1. The van der Waals surface area contributed by atoms with E-state index in [0.29, 0.717) is 11.4 Å². The lowest BCUT2D eigenvalue weighted by Crippen LogP contribution is -2.50. The van der Waals surface area contributed by atoms with Crippen LogP contribution in [0.25, 0.3) is 0 Å². The van der Waals surface area contributed by atoms with Crippen LogP contribution in [0.5, 0.6) is 0 Å². The van der Waals surface area contributed by atoms with Gasteiger partial charge in [-0.25, -0.2) is 0 Å². The van der Waals surface area contributed by atoms with Crippen molar-refractivity contribution in [3.63, 3.8) is 0 Å². The summed E-state index contributed by atoms with van der Waals surface area (Å²) in [5, 5.41) is 10.9. The summed E-state index contributed by atoms with van der Waals surface area (Å²) in [6.45, 7) is 14.3. The van der Waals surface area contributed by atoms with Crippen LogP contribution in [-0.2, 0) is 25.4 Å². The number of benzene rings is 1. The molecule has 0 saturated carbocycles. The van der Waals surface area contributed by atoms with Gasteiger partial charge in [0.2, 0.25) is 0 Å². The van der Waals surface area contributed by atoms with E-state index in [9.17, 15) is 9.59 Å². The highest BCUT2D eigenvalue weighted by Crippen LogP contribution is 2.37. The molecule has 3 heterocycles. The van der Waals surface area contributed by atoms with Gasteiger partial charge >= 0.3 is 13.1 Å². The monoisotopic (exact) mass is 496 g/mol. The molecule has 1 amide bonds. The average molecular weight is 496 g/mol. The number of aryl methyl sites for hydroxylation is 1. The topological polar surface area (TPSA) is 104 Å². The number of hydrogen-bond acceptors (Lipinski definition) is 7. The number of nitrogens with one attached hydrogen (secondary N) is 2. The minimum Gasteiger partial charge on any atom is -0.468 e. The van der Waals surface area contributed by atoms with Gasteiger partial charge in [0.1, 0.15) is 5.54 Å². The third-order valence-electron chi connectivity index (χ3n) is 7.63. The van der Waals surface area contributed by atoms with Crippen molar-refractivity contribution in [1.82, 2.24) is 15.1 Å². The lowest BCUT2D eigenvalue weighted by molar-refractivity contribution is -0.147. The maximum atomic E-state index is 13.2. The summed E-state index contributed by atoms with van der Waals surface area (Å²) in [6, 6.07) is 7.39. The number of nitrogens with zero attached hydrogens (tertiary/aromatic N) is 2. The second-order valence-electron chi connectivity index (χ2n) is 11.2. The van der Waals surface area contributed by atoms with Crippen molar-refractivity contribution in [2.45, 2.75) is 90.6 Å². The fourth-order valence-electron chi connectivity index (χ4n) is 4.69. The summed E-state index contributed by atoms with van der Waals surface area (Å²) in [4.78, 5) is 25.4. The van der Waals surface area contributed by atoms with Crippen LogP contribution < -0.4 is 16.1 Å². The number of carbonyl (C=O) groups excluding carboxylic acids is 2. The van der Waals surface area contributed by atoms with Crippen LogP contribution in [0, 0.1) is 6.92 Å². The Kier molecular flexibility index (Phi) is 6.83. The predicted molar refractivity (Wildman–Crippen MR) is 138 cm³/mol. The van der Waals surface area contributed by atoms with E-state index in [4.69, 9.17) is 14.0 Å². The molecule has 10 heteroatoms. The van der Waals surface area contributed by atoms with Gasteiger partial charge in [0.05, 0.1) is 30.0 Å². The minimum atomic E-state index is -0.862. The molecule has 1 aromatic heterocycles. The SMILES string of the molecule is COC(=O)C(C)(C)N[C@@H]1CCCn2nc(C(=O)Nc3cccc(B4OC(C)(C)C(C)(C)O4)c3C)cc21. The molecule has 1 atom stereocenters. The van der Waals surface area contributed by atoms with E-state index in [2.05, 4.69) is 15.7 Å². The van der Waals surface area contributed by atoms with Crippen LogP contribution >= 0.6 is 0 Å². The smallest absolute Gasteiger partial charge is 0.468 e. The van der Waals surface area contributed by atoms with Crippen LogP contribution in [0.3, 0.4) is 0 Å². The Balaban J connectivity index is 1.53. The van der Waals surface area contributed by atoms with Crippen molar-refractivity contribution >= 4 is 30.1 Å². The number of aromatic nitrogens is 2.